The van der Waals surface area contributed by atoms with Gasteiger partial charge in [-0.25, -0.2) is 0 Å². The molecule has 0 saturated carbocycles. The van der Waals surface area contributed by atoms with Gasteiger partial charge >= 0.3 is 0 Å². The van der Waals surface area contributed by atoms with Crippen LogP contribution in [0.3, 0.4) is 0 Å². The average Bonchev–Trinajstić information content (AvgIpc) is 2.52. The minimum absolute atomic E-state index is 0.524. The van der Waals surface area contributed by atoms with E-state index < -0.39 is 6.10 Å². The second-order valence-electron chi connectivity index (χ2n) is 5.03. The van der Waals surface area contributed by atoms with Gasteiger partial charge in [-0.2, -0.15) is 0 Å². The van der Waals surface area contributed by atoms with Crippen LogP contribution in [-0.4, -0.2) is 17.5 Å². The van der Waals surface area contributed by atoms with E-state index in [-0.39, 0.29) is 0 Å². The Balaban J connectivity index is 1.99. The number of aliphatic hydroxyl groups excluding tert-OH is 1. The molecular weight excluding hydrogens is 280 g/mol. The standard InChI is InChI=1S/C18H22O2S/c1-3-12-20-18-7-5-4-6-16(18)17(19)13-21-15-10-8-14(2)9-11-15/h4-11,17,19H,3,12-13H2,1-2H3. The summed E-state index contributed by atoms with van der Waals surface area (Å²) in [6.45, 7) is 4.83. The first-order chi connectivity index (χ1) is 10.2. The number of ether oxygens (including phenoxy) is 1. The van der Waals surface area contributed by atoms with Crippen molar-refractivity contribution in [3.63, 3.8) is 0 Å². The summed E-state index contributed by atoms with van der Waals surface area (Å²) in [7, 11) is 0. The van der Waals surface area contributed by atoms with Crippen LogP contribution in [0.2, 0.25) is 0 Å². The summed E-state index contributed by atoms with van der Waals surface area (Å²) in [4.78, 5) is 1.17. The van der Waals surface area contributed by atoms with Crippen LogP contribution >= 0.6 is 11.8 Å². The zero-order valence-electron chi connectivity index (χ0n) is 12.6. The predicted molar refractivity (Wildman–Crippen MR) is 89.1 cm³/mol. The van der Waals surface area contributed by atoms with E-state index in [1.807, 2.05) is 24.3 Å². The van der Waals surface area contributed by atoms with Gasteiger partial charge in [-0.3, -0.25) is 0 Å². The molecule has 1 unspecified atom stereocenters. The highest BCUT2D eigenvalue weighted by Gasteiger charge is 2.13. The largest absolute Gasteiger partial charge is 0.493 e. The van der Waals surface area contributed by atoms with Crippen molar-refractivity contribution in [1.29, 1.82) is 0 Å². The summed E-state index contributed by atoms with van der Waals surface area (Å²) < 4.78 is 5.71. The van der Waals surface area contributed by atoms with Gasteiger partial charge in [0.15, 0.2) is 0 Å². The Morgan fingerprint density at radius 1 is 1.10 bits per heavy atom. The van der Waals surface area contributed by atoms with Crippen molar-refractivity contribution in [1.82, 2.24) is 0 Å². The Hall–Kier alpha value is -1.45. The third-order valence-corrected chi connectivity index (χ3v) is 4.26. The Morgan fingerprint density at radius 2 is 1.81 bits per heavy atom. The lowest BCUT2D eigenvalue weighted by atomic mass is 10.1. The van der Waals surface area contributed by atoms with Gasteiger partial charge in [0.2, 0.25) is 0 Å². The number of para-hydroxylation sites is 1. The summed E-state index contributed by atoms with van der Waals surface area (Å²) in [5, 5.41) is 10.4. The summed E-state index contributed by atoms with van der Waals surface area (Å²) in [5.74, 6) is 1.41. The number of hydrogen-bond donors (Lipinski definition) is 1. The zero-order valence-corrected chi connectivity index (χ0v) is 13.4. The highest BCUT2D eigenvalue weighted by Crippen LogP contribution is 2.30. The molecule has 2 rings (SSSR count). The maximum atomic E-state index is 10.4. The van der Waals surface area contributed by atoms with Crippen LogP contribution in [0.25, 0.3) is 0 Å². The SMILES string of the molecule is CCCOc1ccccc1C(O)CSc1ccc(C)cc1. The van der Waals surface area contributed by atoms with E-state index in [1.54, 1.807) is 11.8 Å². The molecule has 2 aromatic carbocycles. The fourth-order valence-electron chi connectivity index (χ4n) is 2.00. The van der Waals surface area contributed by atoms with E-state index in [2.05, 4.69) is 38.1 Å². The normalized spacial score (nSPS) is 12.1. The molecule has 0 saturated heterocycles. The van der Waals surface area contributed by atoms with Crippen molar-refractivity contribution in [3.05, 3.63) is 59.7 Å². The second kappa shape index (κ2) is 8.11. The third kappa shape index (κ3) is 4.80. The number of thioether (sulfide) groups is 1. The fraction of sp³-hybridized carbons (Fsp3) is 0.333. The molecule has 1 atom stereocenters. The van der Waals surface area contributed by atoms with Crippen LogP contribution in [-0.2, 0) is 0 Å². The van der Waals surface area contributed by atoms with Crippen molar-refractivity contribution in [2.75, 3.05) is 12.4 Å². The Kier molecular flexibility index (Phi) is 6.15. The molecule has 3 heteroatoms. The van der Waals surface area contributed by atoms with Gasteiger partial charge in [0, 0.05) is 16.2 Å². The van der Waals surface area contributed by atoms with Gasteiger partial charge in [-0.15, -0.1) is 11.8 Å². The van der Waals surface area contributed by atoms with E-state index in [1.165, 1.54) is 10.5 Å². The maximum absolute atomic E-state index is 10.4. The molecule has 0 heterocycles. The van der Waals surface area contributed by atoms with Crippen LogP contribution in [0, 0.1) is 6.92 Å². The molecule has 0 radical (unpaired) electrons. The Morgan fingerprint density at radius 3 is 2.52 bits per heavy atom. The molecule has 0 spiro atoms. The molecule has 0 aliphatic heterocycles. The number of rotatable bonds is 7. The minimum Gasteiger partial charge on any atom is -0.493 e. The third-order valence-electron chi connectivity index (χ3n) is 3.17. The molecule has 0 aliphatic rings. The summed E-state index contributed by atoms with van der Waals surface area (Å²) >= 11 is 1.66. The van der Waals surface area contributed by atoms with Gasteiger partial charge in [-0.1, -0.05) is 42.8 Å². The topological polar surface area (TPSA) is 29.5 Å². The van der Waals surface area contributed by atoms with Crippen molar-refractivity contribution < 1.29 is 9.84 Å². The molecule has 2 nitrogen and oxygen atoms in total. The lowest BCUT2D eigenvalue weighted by Crippen LogP contribution is -2.05. The van der Waals surface area contributed by atoms with Gasteiger partial charge in [0.25, 0.3) is 0 Å². The molecule has 0 amide bonds. The van der Waals surface area contributed by atoms with E-state index in [9.17, 15) is 5.11 Å². The lowest BCUT2D eigenvalue weighted by molar-refractivity contribution is 0.195. The molecule has 0 fully saturated rings. The first kappa shape index (κ1) is 15.9. The molecule has 0 aromatic heterocycles. The first-order valence-corrected chi connectivity index (χ1v) is 8.28. The van der Waals surface area contributed by atoms with Gasteiger partial charge in [0.1, 0.15) is 5.75 Å². The van der Waals surface area contributed by atoms with Crippen LogP contribution < -0.4 is 4.74 Å². The molecular formula is C18H22O2S. The monoisotopic (exact) mass is 302 g/mol. The van der Waals surface area contributed by atoms with E-state index in [0.717, 1.165) is 17.7 Å². The van der Waals surface area contributed by atoms with Crippen molar-refractivity contribution in [2.24, 2.45) is 0 Å². The van der Waals surface area contributed by atoms with Crippen LogP contribution in [0.5, 0.6) is 5.75 Å². The smallest absolute Gasteiger partial charge is 0.125 e. The Labute approximate surface area is 131 Å². The van der Waals surface area contributed by atoms with E-state index >= 15 is 0 Å². The highest BCUT2D eigenvalue weighted by molar-refractivity contribution is 7.99. The molecule has 0 aliphatic carbocycles. The minimum atomic E-state index is -0.524. The quantitative estimate of drug-likeness (QED) is 0.757. The average molecular weight is 302 g/mol. The van der Waals surface area contributed by atoms with Crippen LogP contribution in [0.15, 0.2) is 53.4 Å². The van der Waals surface area contributed by atoms with Gasteiger partial charge in [-0.05, 0) is 31.5 Å². The van der Waals surface area contributed by atoms with E-state index in [4.69, 9.17) is 4.74 Å². The predicted octanol–water partition coefficient (Wildman–Crippen LogP) is 4.61. The van der Waals surface area contributed by atoms with E-state index in [0.29, 0.717) is 12.4 Å². The Bertz CT molecular complexity index is 551. The molecule has 1 N–H and O–H groups in total. The van der Waals surface area contributed by atoms with Gasteiger partial charge in [0.05, 0.1) is 12.7 Å². The zero-order chi connectivity index (χ0) is 15.1. The highest BCUT2D eigenvalue weighted by atomic mass is 32.2. The second-order valence-corrected chi connectivity index (χ2v) is 6.12. The molecule has 21 heavy (non-hydrogen) atoms. The number of aryl methyl sites for hydroxylation is 1. The fourth-order valence-corrected chi connectivity index (χ4v) is 2.86. The first-order valence-electron chi connectivity index (χ1n) is 7.30. The van der Waals surface area contributed by atoms with Crippen molar-refractivity contribution in [2.45, 2.75) is 31.3 Å². The van der Waals surface area contributed by atoms with Gasteiger partial charge < -0.3 is 9.84 Å². The number of hydrogen-bond acceptors (Lipinski definition) is 3. The van der Waals surface area contributed by atoms with Crippen molar-refractivity contribution in [3.8, 4) is 5.75 Å². The molecule has 112 valence electrons. The summed E-state index contributed by atoms with van der Waals surface area (Å²) in [5.41, 5.74) is 2.11. The molecule has 0 bridgehead atoms. The van der Waals surface area contributed by atoms with Crippen molar-refractivity contribution >= 4 is 11.8 Å². The molecule has 2 aromatic rings. The maximum Gasteiger partial charge on any atom is 0.125 e. The summed E-state index contributed by atoms with van der Waals surface area (Å²) in [6.07, 6.45) is 0.437. The lowest BCUT2D eigenvalue weighted by Gasteiger charge is -2.15. The van der Waals surface area contributed by atoms with Crippen LogP contribution in [0.4, 0.5) is 0 Å². The summed E-state index contributed by atoms with van der Waals surface area (Å²) in [6, 6.07) is 16.1. The number of aliphatic hydroxyl groups is 1. The van der Waals surface area contributed by atoms with Crippen LogP contribution in [0.1, 0.15) is 30.6 Å². The number of benzene rings is 2.